The third-order valence-electron chi connectivity index (χ3n) is 4.70. The van der Waals surface area contributed by atoms with E-state index >= 15 is 0 Å². The Morgan fingerprint density at radius 3 is 2.38 bits per heavy atom. The van der Waals surface area contributed by atoms with E-state index in [1.807, 2.05) is 24.3 Å². The maximum atomic E-state index is 11.6. The molecule has 0 spiro atoms. The molecule has 2 aromatic carbocycles. The molecule has 132 valence electrons. The van der Waals surface area contributed by atoms with E-state index in [4.69, 9.17) is 4.98 Å². The van der Waals surface area contributed by atoms with Crippen LogP contribution in [-0.4, -0.2) is 26.2 Å². The Labute approximate surface area is 154 Å². The monoisotopic (exact) mass is 364 g/mol. The summed E-state index contributed by atoms with van der Waals surface area (Å²) in [5.41, 5.74) is 4.32. The average Bonchev–Trinajstić information content (AvgIpc) is 3.04. The fourth-order valence-electron chi connectivity index (χ4n) is 3.30. The number of rotatable bonds is 4. The zero-order valence-corrected chi connectivity index (χ0v) is 15.4. The molecular weight excluding hydrogens is 344 g/mol. The minimum atomic E-state index is -3.18. The van der Waals surface area contributed by atoms with Gasteiger partial charge in [-0.3, -0.25) is 0 Å². The number of aromatic nitrogens is 1. The SMILES string of the molecule is CS(=O)(=O)c1ccc(-c2ccc3c(n2)N(Cc2ccccc2)CC3)cc1. The number of hydrogen-bond acceptors (Lipinski definition) is 4. The molecule has 3 aromatic rings. The third-order valence-corrected chi connectivity index (χ3v) is 5.83. The van der Waals surface area contributed by atoms with E-state index in [0.717, 1.165) is 36.6 Å². The Kier molecular flexibility index (Phi) is 4.24. The molecule has 0 bridgehead atoms. The van der Waals surface area contributed by atoms with Gasteiger partial charge in [0.15, 0.2) is 9.84 Å². The molecule has 0 fully saturated rings. The molecule has 0 aliphatic carbocycles. The van der Waals surface area contributed by atoms with Crippen LogP contribution in [0.2, 0.25) is 0 Å². The number of nitrogens with zero attached hydrogens (tertiary/aromatic N) is 2. The zero-order chi connectivity index (χ0) is 18.1. The molecule has 0 amide bonds. The lowest BCUT2D eigenvalue weighted by Gasteiger charge is -2.19. The van der Waals surface area contributed by atoms with Crippen LogP contribution in [0.1, 0.15) is 11.1 Å². The summed E-state index contributed by atoms with van der Waals surface area (Å²) in [6, 6.07) is 21.5. The summed E-state index contributed by atoms with van der Waals surface area (Å²) >= 11 is 0. The summed E-state index contributed by atoms with van der Waals surface area (Å²) in [6.45, 7) is 1.81. The van der Waals surface area contributed by atoms with Gasteiger partial charge in [0.25, 0.3) is 0 Å². The Hall–Kier alpha value is -2.66. The van der Waals surface area contributed by atoms with Crippen LogP contribution in [0.4, 0.5) is 5.82 Å². The van der Waals surface area contributed by atoms with Gasteiger partial charge in [0.05, 0.1) is 10.6 Å². The van der Waals surface area contributed by atoms with Crippen molar-refractivity contribution in [1.82, 2.24) is 4.98 Å². The van der Waals surface area contributed by atoms with Crippen LogP contribution in [0, 0.1) is 0 Å². The van der Waals surface area contributed by atoms with Crippen LogP contribution in [0.5, 0.6) is 0 Å². The molecule has 2 heterocycles. The molecule has 0 saturated carbocycles. The molecule has 0 N–H and O–H groups in total. The highest BCUT2D eigenvalue weighted by Gasteiger charge is 2.21. The molecule has 0 saturated heterocycles. The lowest BCUT2D eigenvalue weighted by molar-refractivity contribution is 0.602. The molecule has 1 aliphatic heterocycles. The second-order valence-electron chi connectivity index (χ2n) is 6.63. The quantitative estimate of drug-likeness (QED) is 0.708. The van der Waals surface area contributed by atoms with E-state index in [0.29, 0.717) is 4.90 Å². The Morgan fingerprint density at radius 2 is 1.69 bits per heavy atom. The van der Waals surface area contributed by atoms with Crippen molar-refractivity contribution in [3.05, 3.63) is 77.9 Å². The first-order valence-corrected chi connectivity index (χ1v) is 10.5. The summed E-state index contributed by atoms with van der Waals surface area (Å²) in [4.78, 5) is 7.50. The predicted molar refractivity (Wildman–Crippen MR) is 104 cm³/mol. The van der Waals surface area contributed by atoms with E-state index < -0.39 is 9.84 Å². The van der Waals surface area contributed by atoms with E-state index in [1.54, 1.807) is 12.1 Å². The van der Waals surface area contributed by atoms with Crippen molar-refractivity contribution in [3.8, 4) is 11.3 Å². The standard InChI is InChI=1S/C21H20N2O2S/c1-26(24,25)19-10-7-17(8-11-19)20-12-9-18-13-14-23(21(18)22-20)15-16-5-3-2-4-6-16/h2-12H,13-15H2,1H3. The zero-order valence-electron chi connectivity index (χ0n) is 14.6. The van der Waals surface area contributed by atoms with E-state index in [2.05, 4.69) is 35.2 Å². The van der Waals surface area contributed by atoms with Gasteiger partial charge in [-0.1, -0.05) is 48.5 Å². The van der Waals surface area contributed by atoms with Crippen LogP contribution in [0.3, 0.4) is 0 Å². The summed E-state index contributed by atoms with van der Waals surface area (Å²) in [5, 5.41) is 0. The van der Waals surface area contributed by atoms with Gasteiger partial charge in [-0.2, -0.15) is 0 Å². The molecule has 0 radical (unpaired) electrons. The normalized spacial score (nSPS) is 13.7. The van der Waals surface area contributed by atoms with Gasteiger partial charge < -0.3 is 4.90 Å². The lowest BCUT2D eigenvalue weighted by Crippen LogP contribution is -2.20. The molecule has 26 heavy (non-hydrogen) atoms. The largest absolute Gasteiger partial charge is 0.352 e. The summed E-state index contributed by atoms with van der Waals surface area (Å²) in [5.74, 6) is 1.03. The molecule has 5 heteroatoms. The first kappa shape index (κ1) is 16.8. The number of sulfone groups is 1. The van der Waals surface area contributed by atoms with Crippen LogP contribution in [0.25, 0.3) is 11.3 Å². The number of benzene rings is 2. The number of anilines is 1. The first-order chi connectivity index (χ1) is 12.5. The summed E-state index contributed by atoms with van der Waals surface area (Å²) in [7, 11) is -3.18. The Bertz CT molecular complexity index is 1030. The van der Waals surface area contributed by atoms with Crippen molar-refractivity contribution in [2.75, 3.05) is 17.7 Å². The van der Waals surface area contributed by atoms with Crippen molar-refractivity contribution in [3.63, 3.8) is 0 Å². The van der Waals surface area contributed by atoms with E-state index in [9.17, 15) is 8.42 Å². The van der Waals surface area contributed by atoms with Gasteiger partial charge >= 0.3 is 0 Å². The number of pyridine rings is 1. The van der Waals surface area contributed by atoms with Gasteiger partial charge in [-0.15, -0.1) is 0 Å². The highest BCUT2D eigenvalue weighted by Crippen LogP contribution is 2.30. The predicted octanol–water partition coefficient (Wildman–Crippen LogP) is 3.71. The van der Waals surface area contributed by atoms with Crippen molar-refractivity contribution in [2.24, 2.45) is 0 Å². The van der Waals surface area contributed by atoms with Crippen LogP contribution in [0.15, 0.2) is 71.6 Å². The smallest absolute Gasteiger partial charge is 0.175 e. The lowest BCUT2D eigenvalue weighted by atomic mass is 10.1. The van der Waals surface area contributed by atoms with Crippen molar-refractivity contribution >= 4 is 15.7 Å². The van der Waals surface area contributed by atoms with Crippen LogP contribution in [-0.2, 0) is 22.8 Å². The van der Waals surface area contributed by atoms with Gasteiger partial charge in [0.2, 0.25) is 0 Å². The maximum Gasteiger partial charge on any atom is 0.175 e. The fraction of sp³-hybridized carbons (Fsp3) is 0.190. The molecule has 0 atom stereocenters. The minimum absolute atomic E-state index is 0.327. The van der Waals surface area contributed by atoms with Crippen LogP contribution < -0.4 is 4.90 Å². The first-order valence-electron chi connectivity index (χ1n) is 8.60. The molecule has 4 rings (SSSR count). The highest BCUT2D eigenvalue weighted by atomic mass is 32.2. The summed E-state index contributed by atoms with van der Waals surface area (Å²) in [6.07, 6.45) is 2.22. The Balaban J connectivity index is 1.63. The van der Waals surface area contributed by atoms with Crippen molar-refractivity contribution < 1.29 is 8.42 Å². The molecule has 1 aromatic heterocycles. The summed E-state index contributed by atoms with van der Waals surface area (Å²) < 4.78 is 23.3. The fourth-order valence-corrected chi connectivity index (χ4v) is 3.93. The minimum Gasteiger partial charge on any atom is -0.352 e. The topological polar surface area (TPSA) is 50.3 Å². The highest BCUT2D eigenvalue weighted by molar-refractivity contribution is 7.90. The van der Waals surface area contributed by atoms with Gasteiger partial charge in [0, 0.05) is 24.9 Å². The second kappa shape index (κ2) is 6.57. The molecule has 0 unspecified atom stereocenters. The molecule has 4 nitrogen and oxygen atoms in total. The molecular formula is C21H20N2O2S. The average molecular weight is 364 g/mol. The Morgan fingerprint density at radius 1 is 0.962 bits per heavy atom. The third kappa shape index (κ3) is 3.35. The number of fused-ring (bicyclic) bond motifs is 1. The van der Waals surface area contributed by atoms with Gasteiger partial charge in [-0.05, 0) is 35.7 Å². The van der Waals surface area contributed by atoms with Crippen molar-refractivity contribution in [1.29, 1.82) is 0 Å². The van der Waals surface area contributed by atoms with Crippen molar-refractivity contribution in [2.45, 2.75) is 17.9 Å². The molecule has 1 aliphatic rings. The van der Waals surface area contributed by atoms with E-state index in [1.165, 1.54) is 17.4 Å². The maximum absolute atomic E-state index is 11.6. The van der Waals surface area contributed by atoms with Gasteiger partial charge in [0.1, 0.15) is 5.82 Å². The van der Waals surface area contributed by atoms with Crippen LogP contribution >= 0.6 is 0 Å². The number of hydrogen-bond donors (Lipinski definition) is 0. The van der Waals surface area contributed by atoms with Gasteiger partial charge in [-0.25, -0.2) is 13.4 Å². The second-order valence-corrected chi connectivity index (χ2v) is 8.65. The van der Waals surface area contributed by atoms with E-state index in [-0.39, 0.29) is 0 Å².